The average molecular weight is 278 g/mol. The van der Waals surface area contributed by atoms with E-state index in [2.05, 4.69) is 10.3 Å². The van der Waals surface area contributed by atoms with E-state index in [-0.39, 0.29) is 0 Å². The van der Waals surface area contributed by atoms with Crippen LogP contribution in [0, 0.1) is 11.6 Å². The molecule has 0 bridgehead atoms. The predicted octanol–water partition coefficient (Wildman–Crippen LogP) is 3.07. The monoisotopic (exact) mass is 278 g/mol. The molecule has 1 N–H and O–H groups in total. The highest BCUT2D eigenvalue weighted by Crippen LogP contribution is 2.31. The van der Waals surface area contributed by atoms with E-state index < -0.39 is 17.7 Å². The molecule has 1 aromatic heterocycles. The third-order valence-corrected chi connectivity index (χ3v) is 3.03. The number of hydrogen-bond acceptors (Lipinski definition) is 3. The van der Waals surface area contributed by atoms with E-state index in [1.807, 2.05) is 6.92 Å². The van der Waals surface area contributed by atoms with Gasteiger partial charge in [-0.05, 0) is 30.8 Å². The Balaban J connectivity index is 2.54. The molecule has 0 radical (unpaired) electrons. The highest BCUT2D eigenvalue weighted by atomic mass is 19.1. The first kappa shape index (κ1) is 14.4. The smallest absolute Gasteiger partial charge is 0.146 e. The first-order chi connectivity index (χ1) is 9.67. The summed E-state index contributed by atoms with van der Waals surface area (Å²) in [6.45, 7) is 2.50. The van der Waals surface area contributed by atoms with Gasteiger partial charge in [-0.25, -0.2) is 8.78 Å². The number of methoxy groups -OCH3 is 1. The lowest BCUT2D eigenvalue weighted by Crippen LogP contribution is -2.23. The maximum Gasteiger partial charge on any atom is 0.146 e. The Morgan fingerprint density at radius 1 is 1.25 bits per heavy atom. The quantitative estimate of drug-likeness (QED) is 0.912. The van der Waals surface area contributed by atoms with E-state index in [0.717, 1.165) is 6.20 Å². The third kappa shape index (κ3) is 2.93. The van der Waals surface area contributed by atoms with E-state index in [9.17, 15) is 8.78 Å². The van der Waals surface area contributed by atoms with Gasteiger partial charge in [0.1, 0.15) is 17.4 Å². The van der Waals surface area contributed by atoms with E-state index in [4.69, 9.17) is 4.74 Å². The topological polar surface area (TPSA) is 34.2 Å². The summed E-state index contributed by atoms with van der Waals surface area (Å²) < 4.78 is 32.7. The van der Waals surface area contributed by atoms with Crippen LogP contribution in [0.15, 0.2) is 36.7 Å². The lowest BCUT2D eigenvalue weighted by Gasteiger charge is -2.21. The Morgan fingerprint density at radius 3 is 2.70 bits per heavy atom. The van der Waals surface area contributed by atoms with Gasteiger partial charge in [0, 0.05) is 17.3 Å². The van der Waals surface area contributed by atoms with Crippen molar-refractivity contribution in [3.8, 4) is 5.75 Å². The Morgan fingerprint density at radius 2 is 2.05 bits per heavy atom. The van der Waals surface area contributed by atoms with E-state index in [1.54, 1.807) is 6.07 Å². The molecule has 3 nitrogen and oxygen atoms in total. The second kappa shape index (κ2) is 6.43. The van der Waals surface area contributed by atoms with Crippen LogP contribution in [0.1, 0.15) is 24.1 Å². The van der Waals surface area contributed by atoms with Crippen LogP contribution in [0.5, 0.6) is 5.75 Å². The molecule has 1 unspecified atom stereocenters. The minimum absolute atomic E-state index is 0.391. The molecule has 1 aromatic carbocycles. The zero-order valence-corrected chi connectivity index (χ0v) is 11.4. The highest BCUT2D eigenvalue weighted by Gasteiger charge is 2.21. The summed E-state index contributed by atoms with van der Waals surface area (Å²) in [7, 11) is 1.50. The Labute approximate surface area is 116 Å². The minimum atomic E-state index is -0.492. The predicted molar refractivity (Wildman–Crippen MR) is 72.7 cm³/mol. The molecule has 2 rings (SSSR count). The summed E-state index contributed by atoms with van der Waals surface area (Å²) in [5.41, 5.74) is 0.963. The molecule has 0 saturated heterocycles. The molecule has 1 atom stereocenters. The van der Waals surface area contributed by atoms with Crippen molar-refractivity contribution in [2.75, 3.05) is 13.7 Å². The number of halogens is 2. The van der Waals surface area contributed by atoms with Crippen molar-refractivity contribution in [2.24, 2.45) is 0 Å². The van der Waals surface area contributed by atoms with E-state index in [1.165, 1.54) is 31.5 Å². The lowest BCUT2D eigenvalue weighted by atomic mass is 9.98. The van der Waals surface area contributed by atoms with Crippen molar-refractivity contribution >= 4 is 0 Å². The molecule has 0 fully saturated rings. The van der Waals surface area contributed by atoms with Gasteiger partial charge in [-0.3, -0.25) is 4.98 Å². The summed E-state index contributed by atoms with van der Waals surface area (Å²) in [6.07, 6.45) is 2.65. The molecule has 1 heterocycles. The summed E-state index contributed by atoms with van der Waals surface area (Å²) in [5.74, 6) is -0.323. The van der Waals surface area contributed by atoms with Crippen molar-refractivity contribution in [1.29, 1.82) is 0 Å². The summed E-state index contributed by atoms with van der Waals surface area (Å²) in [5, 5.41) is 3.14. The normalized spacial score (nSPS) is 12.2. The number of ether oxygens (including phenoxy) is 1. The molecule has 2 aromatic rings. The number of benzene rings is 1. The largest absolute Gasteiger partial charge is 0.496 e. The second-order valence-corrected chi connectivity index (χ2v) is 4.27. The molecule has 106 valence electrons. The van der Waals surface area contributed by atoms with E-state index >= 15 is 0 Å². The molecule has 0 amide bonds. The first-order valence-corrected chi connectivity index (χ1v) is 6.33. The van der Waals surface area contributed by atoms with Crippen molar-refractivity contribution in [3.05, 3.63) is 59.4 Å². The van der Waals surface area contributed by atoms with Crippen LogP contribution in [0.3, 0.4) is 0 Å². The van der Waals surface area contributed by atoms with Gasteiger partial charge in [-0.15, -0.1) is 0 Å². The Kier molecular flexibility index (Phi) is 4.63. The van der Waals surface area contributed by atoms with Crippen LogP contribution in [-0.4, -0.2) is 18.6 Å². The Bertz CT molecular complexity index is 590. The fraction of sp³-hybridized carbons (Fsp3) is 0.267. The average Bonchev–Trinajstić information content (AvgIpc) is 2.46. The summed E-state index contributed by atoms with van der Waals surface area (Å²) in [4.78, 5) is 3.73. The summed E-state index contributed by atoms with van der Waals surface area (Å²) >= 11 is 0. The number of nitrogens with zero attached hydrogens (tertiary/aromatic N) is 1. The molecule has 0 aliphatic heterocycles. The molecular weight excluding hydrogens is 262 g/mol. The number of hydrogen-bond donors (Lipinski definition) is 1. The van der Waals surface area contributed by atoms with Gasteiger partial charge < -0.3 is 10.1 Å². The molecule has 0 aliphatic carbocycles. The zero-order chi connectivity index (χ0) is 14.5. The van der Waals surface area contributed by atoms with Crippen LogP contribution in [-0.2, 0) is 0 Å². The zero-order valence-electron chi connectivity index (χ0n) is 11.4. The molecular formula is C15H16F2N2O. The van der Waals surface area contributed by atoms with Gasteiger partial charge >= 0.3 is 0 Å². The van der Waals surface area contributed by atoms with Gasteiger partial charge in [-0.1, -0.05) is 6.92 Å². The first-order valence-electron chi connectivity index (χ1n) is 6.33. The van der Waals surface area contributed by atoms with Gasteiger partial charge in [0.05, 0.1) is 19.3 Å². The molecule has 0 spiro atoms. The lowest BCUT2D eigenvalue weighted by molar-refractivity contribution is 0.401. The fourth-order valence-corrected chi connectivity index (χ4v) is 2.14. The van der Waals surface area contributed by atoms with E-state index in [0.29, 0.717) is 23.4 Å². The van der Waals surface area contributed by atoms with Crippen molar-refractivity contribution < 1.29 is 13.5 Å². The van der Waals surface area contributed by atoms with Gasteiger partial charge in [-0.2, -0.15) is 0 Å². The fourth-order valence-electron chi connectivity index (χ4n) is 2.14. The van der Waals surface area contributed by atoms with Crippen LogP contribution < -0.4 is 10.1 Å². The standard InChI is InChI=1S/C15H16F2N2O/c1-3-19-15(11-6-7-18-9-13(11)17)12-8-10(16)4-5-14(12)20-2/h4-9,15,19H,3H2,1-2H3. The van der Waals surface area contributed by atoms with Crippen LogP contribution in [0.2, 0.25) is 0 Å². The SMILES string of the molecule is CCNC(c1ccncc1F)c1cc(F)ccc1OC. The van der Waals surface area contributed by atoms with Gasteiger partial charge in [0.15, 0.2) is 0 Å². The number of rotatable bonds is 5. The number of aromatic nitrogens is 1. The number of nitrogens with one attached hydrogen (secondary N) is 1. The van der Waals surface area contributed by atoms with Crippen LogP contribution in [0.4, 0.5) is 8.78 Å². The van der Waals surface area contributed by atoms with Crippen molar-refractivity contribution in [2.45, 2.75) is 13.0 Å². The van der Waals surface area contributed by atoms with Crippen molar-refractivity contribution in [1.82, 2.24) is 10.3 Å². The minimum Gasteiger partial charge on any atom is -0.496 e. The molecule has 0 saturated carbocycles. The molecule has 5 heteroatoms. The van der Waals surface area contributed by atoms with Gasteiger partial charge in [0.25, 0.3) is 0 Å². The molecule has 0 aliphatic rings. The second-order valence-electron chi connectivity index (χ2n) is 4.27. The summed E-state index contributed by atoms with van der Waals surface area (Å²) in [6, 6.07) is 5.29. The maximum atomic E-state index is 13.9. The van der Waals surface area contributed by atoms with Crippen LogP contribution in [0.25, 0.3) is 0 Å². The Hall–Kier alpha value is -2.01. The molecule has 20 heavy (non-hydrogen) atoms. The van der Waals surface area contributed by atoms with Crippen molar-refractivity contribution in [3.63, 3.8) is 0 Å². The number of pyridine rings is 1. The van der Waals surface area contributed by atoms with Gasteiger partial charge in [0.2, 0.25) is 0 Å². The van der Waals surface area contributed by atoms with Crippen LogP contribution >= 0.6 is 0 Å². The maximum absolute atomic E-state index is 13.9. The third-order valence-electron chi connectivity index (χ3n) is 3.03. The highest BCUT2D eigenvalue weighted by molar-refractivity contribution is 5.42.